The first-order valence-corrected chi connectivity index (χ1v) is 8.09. The van der Waals surface area contributed by atoms with Crippen LogP contribution in [0.1, 0.15) is 24.8 Å². The number of aryl methyl sites for hydroxylation is 1. The molecule has 2 aromatic rings. The topological polar surface area (TPSA) is 18.5 Å². The average Bonchev–Trinajstić information content (AvgIpc) is 2.52. The molecule has 0 saturated carbocycles. The molecule has 0 aliphatic heterocycles. The van der Waals surface area contributed by atoms with Crippen molar-refractivity contribution in [3.05, 3.63) is 58.6 Å². The Balaban J connectivity index is 1.67. The van der Waals surface area contributed by atoms with Gasteiger partial charge in [0.2, 0.25) is 0 Å². The maximum absolute atomic E-state index is 5.81. The third-order valence-electron chi connectivity index (χ3n) is 3.34. The Bertz CT molecular complexity index is 540. The minimum atomic E-state index is 0.724. The van der Waals surface area contributed by atoms with E-state index in [-0.39, 0.29) is 0 Å². The predicted molar refractivity (Wildman–Crippen MR) is 90.2 cm³/mol. The smallest absolute Gasteiger partial charge is 0.162 e. The van der Waals surface area contributed by atoms with Crippen LogP contribution < -0.4 is 9.47 Å². The van der Waals surface area contributed by atoms with E-state index in [0.717, 1.165) is 35.4 Å². The highest BCUT2D eigenvalue weighted by atomic mass is 79.9. The molecule has 2 rings (SSSR count). The number of hydrogen-bond acceptors (Lipinski definition) is 2. The minimum Gasteiger partial charge on any atom is -0.493 e. The van der Waals surface area contributed by atoms with E-state index in [0.29, 0.717) is 0 Å². The molecule has 0 unspecified atom stereocenters. The van der Waals surface area contributed by atoms with E-state index >= 15 is 0 Å². The molecule has 0 spiro atoms. The van der Waals surface area contributed by atoms with Crippen molar-refractivity contribution in [3.63, 3.8) is 0 Å². The fourth-order valence-corrected chi connectivity index (χ4v) is 2.54. The van der Waals surface area contributed by atoms with Crippen molar-refractivity contribution in [1.29, 1.82) is 0 Å². The van der Waals surface area contributed by atoms with Crippen molar-refractivity contribution in [2.75, 3.05) is 13.7 Å². The van der Waals surface area contributed by atoms with Crippen LogP contribution in [0.2, 0.25) is 0 Å². The number of halogens is 1. The zero-order chi connectivity index (χ0) is 14.9. The van der Waals surface area contributed by atoms with Crippen molar-refractivity contribution in [3.8, 4) is 11.5 Å². The number of methoxy groups -OCH3 is 1. The highest BCUT2D eigenvalue weighted by Crippen LogP contribution is 2.30. The van der Waals surface area contributed by atoms with Crippen LogP contribution in [0.5, 0.6) is 11.5 Å². The Morgan fingerprint density at radius 3 is 2.48 bits per heavy atom. The number of ether oxygens (including phenoxy) is 2. The molecule has 0 N–H and O–H groups in total. The molecule has 2 aromatic carbocycles. The molecule has 0 aliphatic carbocycles. The van der Waals surface area contributed by atoms with E-state index in [9.17, 15) is 0 Å². The average molecular weight is 349 g/mol. The maximum Gasteiger partial charge on any atom is 0.162 e. The molecular weight excluding hydrogens is 328 g/mol. The molecule has 0 fully saturated rings. The minimum absolute atomic E-state index is 0.724. The van der Waals surface area contributed by atoms with Crippen LogP contribution >= 0.6 is 15.9 Å². The first-order valence-electron chi connectivity index (χ1n) is 7.30. The summed E-state index contributed by atoms with van der Waals surface area (Å²) >= 11 is 3.45. The Kier molecular flexibility index (Phi) is 6.61. The van der Waals surface area contributed by atoms with Gasteiger partial charge in [0.25, 0.3) is 0 Å². The van der Waals surface area contributed by atoms with Gasteiger partial charge in [-0.3, -0.25) is 0 Å². The third-order valence-corrected chi connectivity index (χ3v) is 3.83. The summed E-state index contributed by atoms with van der Waals surface area (Å²) < 4.78 is 12.1. The summed E-state index contributed by atoms with van der Waals surface area (Å²) in [5.74, 6) is 1.58. The van der Waals surface area contributed by atoms with Crippen molar-refractivity contribution in [1.82, 2.24) is 0 Å². The molecule has 0 atom stereocenters. The second kappa shape index (κ2) is 8.73. The molecule has 2 nitrogen and oxygen atoms in total. The molecular formula is C18H21BrO2. The van der Waals surface area contributed by atoms with Crippen LogP contribution in [0.25, 0.3) is 0 Å². The Hall–Kier alpha value is -1.48. The van der Waals surface area contributed by atoms with Gasteiger partial charge in [-0.1, -0.05) is 46.3 Å². The molecule has 112 valence electrons. The fraction of sp³-hybridized carbons (Fsp3) is 0.333. The van der Waals surface area contributed by atoms with Gasteiger partial charge in [0.05, 0.1) is 13.7 Å². The van der Waals surface area contributed by atoms with Gasteiger partial charge in [-0.05, 0) is 49.4 Å². The van der Waals surface area contributed by atoms with Gasteiger partial charge < -0.3 is 9.47 Å². The van der Waals surface area contributed by atoms with E-state index in [2.05, 4.69) is 46.3 Å². The molecule has 0 radical (unpaired) electrons. The van der Waals surface area contributed by atoms with Crippen LogP contribution in [0.4, 0.5) is 0 Å². The van der Waals surface area contributed by atoms with Crippen LogP contribution in [0.3, 0.4) is 0 Å². The van der Waals surface area contributed by atoms with E-state index in [1.54, 1.807) is 7.11 Å². The lowest BCUT2D eigenvalue weighted by atomic mass is 10.1. The van der Waals surface area contributed by atoms with Gasteiger partial charge in [0, 0.05) is 4.47 Å². The second-order valence-corrected chi connectivity index (χ2v) is 5.86. The molecule has 0 saturated heterocycles. The molecule has 21 heavy (non-hydrogen) atoms. The van der Waals surface area contributed by atoms with Gasteiger partial charge >= 0.3 is 0 Å². The Morgan fingerprint density at radius 2 is 1.71 bits per heavy atom. The summed E-state index contributed by atoms with van der Waals surface area (Å²) in [5.41, 5.74) is 1.41. The van der Waals surface area contributed by atoms with Gasteiger partial charge in [0.15, 0.2) is 11.5 Å². The largest absolute Gasteiger partial charge is 0.493 e. The molecule has 0 heterocycles. The lowest BCUT2D eigenvalue weighted by Gasteiger charge is -2.11. The molecule has 3 heteroatoms. The van der Waals surface area contributed by atoms with Crippen molar-refractivity contribution < 1.29 is 9.47 Å². The van der Waals surface area contributed by atoms with E-state index in [1.807, 2.05) is 18.2 Å². The predicted octanol–water partition coefficient (Wildman–Crippen LogP) is 5.25. The van der Waals surface area contributed by atoms with Crippen LogP contribution in [0.15, 0.2) is 53.0 Å². The van der Waals surface area contributed by atoms with Gasteiger partial charge in [-0.2, -0.15) is 0 Å². The molecule has 0 bridgehead atoms. The summed E-state index contributed by atoms with van der Waals surface area (Å²) in [4.78, 5) is 0. The zero-order valence-corrected chi connectivity index (χ0v) is 13.9. The Labute approximate surface area is 135 Å². The summed E-state index contributed by atoms with van der Waals surface area (Å²) in [6.07, 6.45) is 4.57. The number of hydrogen-bond donors (Lipinski definition) is 0. The zero-order valence-electron chi connectivity index (χ0n) is 12.3. The number of benzene rings is 2. The van der Waals surface area contributed by atoms with E-state index in [1.165, 1.54) is 18.4 Å². The highest BCUT2D eigenvalue weighted by molar-refractivity contribution is 9.10. The summed E-state index contributed by atoms with van der Waals surface area (Å²) in [6, 6.07) is 16.4. The first kappa shape index (κ1) is 15.9. The summed E-state index contributed by atoms with van der Waals surface area (Å²) in [6.45, 7) is 0.724. The number of rotatable bonds is 8. The van der Waals surface area contributed by atoms with Gasteiger partial charge in [-0.15, -0.1) is 0 Å². The summed E-state index contributed by atoms with van der Waals surface area (Å²) in [5, 5.41) is 0. The van der Waals surface area contributed by atoms with Crippen LogP contribution in [0, 0.1) is 0 Å². The number of unbranched alkanes of at least 4 members (excludes halogenated alkanes) is 2. The molecule has 0 aromatic heterocycles. The lowest BCUT2D eigenvalue weighted by molar-refractivity contribution is 0.285. The maximum atomic E-state index is 5.81. The van der Waals surface area contributed by atoms with Crippen molar-refractivity contribution in [2.45, 2.75) is 25.7 Å². The van der Waals surface area contributed by atoms with Crippen molar-refractivity contribution in [2.24, 2.45) is 0 Å². The standard InChI is InChI=1S/C18H21BrO2/c1-20-17-12-11-16(19)14-18(17)21-13-7-3-6-10-15-8-4-2-5-9-15/h2,4-5,8-9,11-12,14H,3,6-7,10,13H2,1H3. The lowest BCUT2D eigenvalue weighted by Crippen LogP contribution is -1.99. The normalized spacial score (nSPS) is 10.4. The third kappa shape index (κ3) is 5.43. The van der Waals surface area contributed by atoms with Crippen LogP contribution in [-0.2, 0) is 6.42 Å². The summed E-state index contributed by atoms with van der Waals surface area (Å²) in [7, 11) is 1.66. The van der Waals surface area contributed by atoms with E-state index in [4.69, 9.17) is 9.47 Å². The monoisotopic (exact) mass is 348 g/mol. The Morgan fingerprint density at radius 1 is 0.905 bits per heavy atom. The van der Waals surface area contributed by atoms with Gasteiger partial charge in [-0.25, -0.2) is 0 Å². The first-order chi connectivity index (χ1) is 10.3. The molecule has 0 aliphatic rings. The van der Waals surface area contributed by atoms with E-state index < -0.39 is 0 Å². The molecule has 0 amide bonds. The second-order valence-electron chi connectivity index (χ2n) is 4.94. The van der Waals surface area contributed by atoms with Crippen LogP contribution in [-0.4, -0.2) is 13.7 Å². The quantitative estimate of drug-likeness (QED) is 0.606. The fourth-order valence-electron chi connectivity index (χ4n) is 2.20. The highest BCUT2D eigenvalue weighted by Gasteiger charge is 2.04. The van der Waals surface area contributed by atoms with Crippen molar-refractivity contribution >= 4 is 15.9 Å². The SMILES string of the molecule is COc1ccc(Br)cc1OCCCCCc1ccccc1. The van der Waals surface area contributed by atoms with Gasteiger partial charge in [0.1, 0.15) is 0 Å².